The molecule has 0 radical (unpaired) electrons. The average Bonchev–Trinajstić information content (AvgIpc) is 2.99. The Morgan fingerprint density at radius 1 is 1.25 bits per heavy atom. The van der Waals surface area contributed by atoms with E-state index in [1.807, 2.05) is 30.3 Å². The van der Waals surface area contributed by atoms with Crippen LogP contribution in [0.4, 0.5) is 10.1 Å². The van der Waals surface area contributed by atoms with Gasteiger partial charge in [0.25, 0.3) is 5.91 Å². The van der Waals surface area contributed by atoms with Crippen LogP contribution < -0.4 is 5.32 Å². The Balaban J connectivity index is 1.81. The van der Waals surface area contributed by atoms with Crippen LogP contribution in [-0.4, -0.2) is 10.8 Å². The van der Waals surface area contributed by atoms with Gasteiger partial charge in [-0.15, -0.1) is 0 Å². The summed E-state index contributed by atoms with van der Waals surface area (Å²) < 4.78 is 19.0. The molecule has 0 saturated heterocycles. The van der Waals surface area contributed by atoms with Crippen LogP contribution in [-0.2, 0) is 0 Å². The number of nitro groups is 1. The Hall–Kier alpha value is -3.22. The maximum atomic E-state index is 13.3. The molecule has 24 heavy (non-hydrogen) atoms. The van der Waals surface area contributed by atoms with Gasteiger partial charge in [-0.05, 0) is 31.2 Å². The minimum absolute atomic E-state index is 0.00561. The van der Waals surface area contributed by atoms with Gasteiger partial charge in [0.1, 0.15) is 11.3 Å². The summed E-state index contributed by atoms with van der Waals surface area (Å²) in [5.74, 6) is -0.978. The molecule has 1 atom stereocenters. The predicted molar refractivity (Wildman–Crippen MR) is 85.1 cm³/mol. The fraction of sp³-hybridized carbons (Fsp3) is 0.118. The first-order chi connectivity index (χ1) is 11.5. The van der Waals surface area contributed by atoms with Crippen molar-refractivity contribution in [2.24, 2.45) is 0 Å². The molecule has 0 unspecified atom stereocenters. The summed E-state index contributed by atoms with van der Waals surface area (Å²) in [6.07, 6.45) is 0. The van der Waals surface area contributed by atoms with Crippen LogP contribution in [0.5, 0.6) is 0 Å². The Morgan fingerprint density at radius 2 is 2.00 bits per heavy atom. The highest BCUT2D eigenvalue weighted by molar-refractivity contribution is 5.95. The molecule has 1 aromatic heterocycles. The third-order valence-corrected chi connectivity index (χ3v) is 3.62. The number of carbonyl (C=O) groups excluding carboxylic acids is 1. The number of fused-ring (bicyclic) bond motifs is 1. The minimum atomic E-state index is -0.984. The highest BCUT2D eigenvalue weighted by atomic mass is 19.1. The number of hydrogen-bond acceptors (Lipinski definition) is 4. The molecule has 0 aliphatic rings. The molecule has 6 nitrogen and oxygen atoms in total. The van der Waals surface area contributed by atoms with E-state index in [1.54, 1.807) is 6.92 Å². The van der Waals surface area contributed by atoms with Gasteiger partial charge in [0.2, 0.25) is 5.82 Å². The van der Waals surface area contributed by atoms with Crippen molar-refractivity contribution in [3.8, 4) is 0 Å². The molecule has 0 saturated carbocycles. The topological polar surface area (TPSA) is 85.4 Å². The molecule has 0 spiro atoms. The van der Waals surface area contributed by atoms with Gasteiger partial charge in [-0.2, -0.15) is 4.39 Å². The van der Waals surface area contributed by atoms with E-state index < -0.39 is 28.4 Å². The number of nitrogens with zero attached hydrogens (tertiary/aromatic N) is 1. The van der Waals surface area contributed by atoms with Crippen molar-refractivity contribution < 1.29 is 18.5 Å². The molecule has 0 aliphatic carbocycles. The molecule has 0 fully saturated rings. The van der Waals surface area contributed by atoms with Crippen molar-refractivity contribution in [3.05, 3.63) is 75.8 Å². The molecule has 1 N–H and O–H groups in total. The fourth-order valence-electron chi connectivity index (χ4n) is 2.36. The first kappa shape index (κ1) is 15.7. The normalized spacial score (nSPS) is 12.1. The van der Waals surface area contributed by atoms with Crippen molar-refractivity contribution in [1.82, 2.24) is 5.32 Å². The zero-order chi connectivity index (χ0) is 17.3. The first-order valence-electron chi connectivity index (χ1n) is 7.19. The monoisotopic (exact) mass is 328 g/mol. The van der Waals surface area contributed by atoms with E-state index in [2.05, 4.69) is 5.32 Å². The zero-order valence-electron chi connectivity index (χ0n) is 12.7. The number of nitro benzene ring substituents is 1. The van der Waals surface area contributed by atoms with Crippen LogP contribution in [0, 0.1) is 15.9 Å². The summed E-state index contributed by atoms with van der Waals surface area (Å²) in [6.45, 7) is 1.73. The fourth-order valence-corrected chi connectivity index (χ4v) is 2.36. The highest BCUT2D eigenvalue weighted by Gasteiger charge is 2.20. The number of hydrogen-bond donors (Lipinski definition) is 1. The molecule has 1 amide bonds. The Bertz CT molecular complexity index is 902. The van der Waals surface area contributed by atoms with Crippen LogP contribution in [0.2, 0.25) is 0 Å². The number of carbonyl (C=O) groups is 1. The quantitative estimate of drug-likeness (QED) is 0.580. The molecular formula is C17H13FN2O4. The number of para-hydroxylation sites is 1. The van der Waals surface area contributed by atoms with Gasteiger partial charge < -0.3 is 9.73 Å². The lowest BCUT2D eigenvalue weighted by Crippen LogP contribution is -2.26. The summed E-state index contributed by atoms with van der Waals surface area (Å²) in [5.41, 5.74) is -0.0314. The number of rotatable bonds is 4. The first-order valence-corrected chi connectivity index (χ1v) is 7.19. The summed E-state index contributed by atoms with van der Waals surface area (Å²) >= 11 is 0. The number of furan rings is 1. The Kier molecular flexibility index (Phi) is 3.99. The standard InChI is InChI=1S/C17H13FN2O4/c1-10(16-9-11-4-2-3-5-15(11)24-16)19-17(21)12-6-7-13(18)14(8-12)20(22)23/h2-10H,1H3,(H,19,21)/t10-/m0/s1. The summed E-state index contributed by atoms with van der Waals surface area (Å²) in [7, 11) is 0. The van der Waals surface area contributed by atoms with Gasteiger partial charge in [-0.1, -0.05) is 18.2 Å². The smallest absolute Gasteiger partial charge is 0.305 e. The SMILES string of the molecule is C[C@H](NC(=O)c1ccc(F)c([N+](=O)[O-])c1)c1cc2ccccc2o1. The highest BCUT2D eigenvalue weighted by Crippen LogP contribution is 2.24. The number of amides is 1. The molecule has 0 bridgehead atoms. The van der Waals surface area contributed by atoms with Crippen molar-refractivity contribution in [2.45, 2.75) is 13.0 Å². The van der Waals surface area contributed by atoms with Crippen LogP contribution in [0.25, 0.3) is 11.0 Å². The second kappa shape index (κ2) is 6.11. The second-order valence-electron chi connectivity index (χ2n) is 5.31. The van der Waals surface area contributed by atoms with Crippen LogP contribution in [0.3, 0.4) is 0 Å². The van der Waals surface area contributed by atoms with Crippen molar-refractivity contribution in [1.29, 1.82) is 0 Å². The second-order valence-corrected chi connectivity index (χ2v) is 5.31. The van der Waals surface area contributed by atoms with Crippen molar-refractivity contribution in [2.75, 3.05) is 0 Å². The summed E-state index contributed by atoms with van der Waals surface area (Å²) in [5, 5.41) is 14.3. The largest absolute Gasteiger partial charge is 0.459 e. The van der Waals surface area contributed by atoms with E-state index in [1.165, 1.54) is 6.07 Å². The third-order valence-electron chi connectivity index (χ3n) is 3.62. The lowest BCUT2D eigenvalue weighted by Gasteiger charge is -2.11. The molecule has 0 aliphatic heterocycles. The van der Waals surface area contributed by atoms with Gasteiger partial charge in [0.15, 0.2) is 0 Å². The van der Waals surface area contributed by atoms with Gasteiger partial charge in [0, 0.05) is 17.0 Å². The maximum absolute atomic E-state index is 13.3. The van der Waals surface area contributed by atoms with Crippen LogP contribution >= 0.6 is 0 Å². The Labute approximate surface area is 136 Å². The summed E-state index contributed by atoms with van der Waals surface area (Å²) in [4.78, 5) is 22.1. The molecule has 7 heteroatoms. The Morgan fingerprint density at radius 3 is 2.71 bits per heavy atom. The van der Waals surface area contributed by atoms with Crippen molar-refractivity contribution in [3.63, 3.8) is 0 Å². The van der Waals surface area contributed by atoms with E-state index in [0.29, 0.717) is 11.3 Å². The van der Waals surface area contributed by atoms with Gasteiger partial charge in [0.05, 0.1) is 11.0 Å². The van der Waals surface area contributed by atoms with E-state index in [-0.39, 0.29) is 5.56 Å². The third kappa shape index (κ3) is 2.96. The number of benzene rings is 2. The minimum Gasteiger partial charge on any atom is -0.459 e. The lowest BCUT2D eigenvalue weighted by molar-refractivity contribution is -0.387. The van der Waals surface area contributed by atoms with Crippen molar-refractivity contribution >= 4 is 22.6 Å². The molecule has 122 valence electrons. The van der Waals surface area contributed by atoms with Gasteiger partial charge in [-0.25, -0.2) is 0 Å². The average molecular weight is 328 g/mol. The molecule has 3 rings (SSSR count). The van der Waals surface area contributed by atoms with E-state index >= 15 is 0 Å². The van der Waals surface area contributed by atoms with E-state index in [9.17, 15) is 19.3 Å². The van der Waals surface area contributed by atoms with E-state index in [4.69, 9.17) is 4.42 Å². The molecular weight excluding hydrogens is 315 g/mol. The number of nitrogens with one attached hydrogen (secondary N) is 1. The predicted octanol–water partition coefficient (Wildman–Crippen LogP) is 3.97. The molecule has 3 aromatic rings. The van der Waals surface area contributed by atoms with Crippen LogP contribution in [0.15, 0.2) is 52.9 Å². The molecule has 2 aromatic carbocycles. The lowest BCUT2D eigenvalue weighted by atomic mass is 10.1. The maximum Gasteiger partial charge on any atom is 0.305 e. The zero-order valence-corrected chi connectivity index (χ0v) is 12.7. The number of halogens is 1. The van der Waals surface area contributed by atoms with E-state index in [0.717, 1.165) is 17.5 Å². The van der Waals surface area contributed by atoms with Gasteiger partial charge in [-0.3, -0.25) is 14.9 Å². The summed E-state index contributed by atoms with van der Waals surface area (Å²) in [6, 6.07) is 11.8. The van der Waals surface area contributed by atoms with Gasteiger partial charge >= 0.3 is 5.69 Å². The van der Waals surface area contributed by atoms with Crippen LogP contribution in [0.1, 0.15) is 29.1 Å². The molecule has 1 heterocycles.